The van der Waals surface area contributed by atoms with Crippen LogP contribution in [0.2, 0.25) is 0 Å². The van der Waals surface area contributed by atoms with E-state index >= 15 is 0 Å². The van der Waals surface area contributed by atoms with Crippen LogP contribution in [-0.4, -0.2) is 6.17 Å². The molecule has 0 saturated carbocycles. The van der Waals surface area contributed by atoms with Gasteiger partial charge in [0.15, 0.2) is 0 Å². The fourth-order valence-corrected chi connectivity index (χ4v) is 2.10. The quantitative estimate of drug-likeness (QED) is 0.382. The number of unbranched alkanes of at least 4 members (excludes halogenated alkanes) is 10. The molecular weight excluding hydrogens is 196 g/mol. The summed E-state index contributed by atoms with van der Waals surface area (Å²) in [7, 11) is 0. The molecule has 98 valence electrons. The summed E-state index contributed by atoms with van der Waals surface area (Å²) in [5.41, 5.74) is 7.82. The van der Waals surface area contributed by atoms with Crippen LogP contribution in [-0.2, 0) is 0 Å². The first-order valence-electron chi connectivity index (χ1n) is 7.43. The Kier molecular flexibility index (Phi) is 12.9. The summed E-state index contributed by atoms with van der Waals surface area (Å²) >= 11 is 0. The van der Waals surface area contributed by atoms with Crippen molar-refractivity contribution in [1.82, 2.24) is 0 Å². The summed E-state index contributed by atoms with van der Waals surface area (Å²) in [6, 6.07) is 0. The number of hydrogen-bond donors (Lipinski definition) is 2. The predicted molar refractivity (Wildman–Crippen MR) is 70.6 cm³/mol. The smallest absolute Gasteiger partial charge is 0.207 e. The molecule has 0 radical (unpaired) electrons. The largest absolute Gasteiger partial charge is 0.309 e. The Balaban J connectivity index is 2.88. The van der Waals surface area contributed by atoms with Gasteiger partial charge in [-0.05, 0) is 6.42 Å². The lowest BCUT2D eigenvalue weighted by molar-refractivity contribution is -0.658. The van der Waals surface area contributed by atoms with Crippen molar-refractivity contribution >= 4 is 0 Å². The van der Waals surface area contributed by atoms with Crippen molar-refractivity contribution in [3.63, 3.8) is 0 Å². The Morgan fingerprint density at radius 1 is 0.625 bits per heavy atom. The monoisotopic (exact) mass is 230 g/mol. The molecular formula is C14H34N2+2. The van der Waals surface area contributed by atoms with Crippen molar-refractivity contribution in [1.29, 1.82) is 0 Å². The van der Waals surface area contributed by atoms with Crippen LogP contribution >= 0.6 is 0 Å². The fourth-order valence-electron chi connectivity index (χ4n) is 2.10. The van der Waals surface area contributed by atoms with Crippen molar-refractivity contribution in [2.45, 2.75) is 90.1 Å². The van der Waals surface area contributed by atoms with Gasteiger partial charge >= 0.3 is 0 Å². The topological polar surface area (TPSA) is 55.3 Å². The average molecular weight is 230 g/mol. The molecule has 0 atom stereocenters. The van der Waals surface area contributed by atoms with Crippen LogP contribution in [0.1, 0.15) is 84.0 Å². The highest BCUT2D eigenvalue weighted by Crippen LogP contribution is 2.11. The van der Waals surface area contributed by atoms with Gasteiger partial charge in [-0.2, -0.15) is 0 Å². The van der Waals surface area contributed by atoms with Gasteiger partial charge in [0.1, 0.15) is 0 Å². The molecule has 0 rings (SSSR count). The lowest BCUT2D eigenvalue weighted by atomic mass is 10.1. The van der Waals surface area contributed by atoms with E-state index < -0.39 is 0 Å². The summed E-state index contributed by atoms with van der Waals surface area (Å²) in [6.07, 6.45) is 17.2. The van der Waals surface area contributed by atoms with Gasteiger partial charge in [-0.3, -0.25) is 0 Å². The highest BCUT2D eigenvalue weighted by atomic mass is 14.8. The molecule has 0 saturated heterocycles. The predicted octanol–water partition coefficient (Wildman–Crippen LogP) is 2.50. The van der Waals surface area contributed by atoms with Gasteiger partial charge in [-0.25, -0.2) is 0 Å². The highest BCUT2D eigenvalue weighted by molar-refractivity contribution is 4.48. The maximum Gasteiger partial charge on any atom is 0.207 e. The number of rotatable bonds is 12. The summed E-state index contributed by atoms with van der Waals surface area (Å²) in [4.78, 5) is 0. The van der Waals surface area contributed by atoms with E-state index in [1.807, 2.05) is 0 Å². The Labute approximate surface area is 102 Å². The third-order valence-corrected chi connectivity index (χ3v) is 3.22. The van der Waals surface area contributed by atoms with Crippen molar-refractivity contribution in [2.24, 2.45) is 0 Å². The van der Waals surface area contributed by atoms with E-state index in [0.29, 0.717) is 6.17 Å². The SMILES string of the molecule is CCCCCCCCCCCCCC([NH3+])[NH3+]. The molecule has 2 nitrogen and oxygen atoms in total. The minimum Gasteiger partial charge on any atom is -0.309 e. The Morgan fingerprint density at radius 3 is 1.38 bits per heavy atom. The van der Waals surface area contributed by atoms with Crippen LogP contribution in [0.25, 0.3) is 0 Å². The highest BCUT2D eigenvalue weighted by Gasteiger charge is 1.99. The fraction of sp³-hybridized carbons (Fsp3) is 1.00. The maximum atomic E-state index is 3.91. The zero-order valence-electron chi connectivity index (χ0n) is 11.5. The molecule has 0 aliphatic heterocycles. The third-order valence-electron chi connectivity index (χ3n) is 3.22. The molecule has 16 heavy (non-hydrogen) atoms. The van der Waals surface area contributed by atoms with Gasteiger partial charge in [0.2, 0.25) is 6.17 Å². The second-order valence-corrected chi connectivity index (χ2v) is 5.19. The second kappa shape index (κ2) is 13.0. The zero-order chi connectivity index (χ0) is 12.1. The molecule has 0 bridgehead atoms. The van der Waals surface area contributed by atoms with Crippen molar-refractivity contribution < 1.29 is 11.5 Å². The van der Waals surface area contributed by atoms with Crippen LogP contribution < -0.4 is 11.5 Å². The van der Waals surface area contributed by atoms with Gasteiger partial charge < -0.3 is 11.5 Å². The average Bonchev–Trinajstić information content (AvgIpc) is 2.25. The molecule has 0 spiro atoms. The van der Waals surface area contributed by atoms with Crippen LogP contribution in [0.3, 0.4) is 0 Å². The van der Waals surface area contributed by atoms with E-state index in [4.69, 9.17) is 0 Å². The molecule has 0 amide bonds. The molecule has 0 heterocycles. The minimum absolute atomic E-state index is 0.401. The number of quaternary nitrogens is 2. The van der Waals surface area contributed by atoms with E-state index in [1.54, 1.807) is 0 Å². The van der Waals surface area contributed by atoms with E-state index in [9.17, 15) is 0 Å². The maximum absolute atomic E-state index is 3.91. The van der Waals surface area contributed by atoms with Crippen LogP contribution in [0.15, 0.2) is 0 Å². The van der Waals surface area contributed by atoms with E-state index in [1.165, 1.54) is 77.0 Å². The van der Waals surface area contributed by atoms with Gasteiger partial charge in [-0.15, -0.1) is 0 Å². The number of hydrogen-bond acceptors (Lipinski definition) is 0. The summed E-state index contributed by atoms with van der Waals surface area (Å²) in [6.45, 7) is 2.28. The first-order chi connectivity index (χ1) is 7.77. The Hall–Kier alpha value is -0.0800. The summed E-state index contributed by atoms with van der Waals surface area (Å²) in [5, 5.41) is 0. The minimum atomic E-state index is 0.401. The molecule has 0 aliphatic carbocycles. The first-order valence-corrected chi connectivity index (χ1v) is 7.43. The second-order valence-electron chi connectivity index (χ2n) is 5.19. The lowest BCUT2D eigenvalue weighted by Crippen LogP contribution is -2.84. The molecule has 0 aliphatic rings. The van der Waals surface area contributed by atoms with Gasteiger partial charge in [0, 0.05) is 0 Å². The van der Waals surface area contributed by atoms with Crippen LogP contribution in [0.5, 0.6) is 0 Å². The van der Waals surface area contributed by atoms with Gasteiger partial charge in [0.25, 0.3) is 0 Å². The standard InChI is InChI=1S/C14H32N2/c1-2-3-4-5-6-7-8-9-10-11-12-13-14(15)16/h14H,2-13,15-16H2,1H3/p+2. The van der Waals surface area contributed by atoms with Crippen molar-refractivity contribution in [3.05, 3.63) is 0 Å². The van der Waals surface area contributed by atoms with Gasteiger partial charge in [0.05, 0.1) is 6.42 Å². The van der Waals surface area contributed by atoms with Crippen molar-refractivity contribution in [3.8, 4) is 0 Å². The molecule has 0 aromatic carbocycles. The summed E-state index contributed by atoms with van der Waals surface area (Å²) < 4.78 is 0. The van der Waals surface area contributed by atoms with Crippen LogP contribution in [0, 0.1) is 0 Å². The molecule has 2 heteroatoms. The Morgan fingerprint density at radius 2 is 1.00 bits per heavy atom. The molecule has 6 N–H and O–H groups in total. The molecule has 0 aromatic heterocycles. The van der Waals surface area contributed by atoms with Crippen molar-refractivity contribution in [2.75, 3.05) is 0 Å². The zero-order valence-corrected chi connectivity index (χ0v) is 11.5. The van der Waals surface area contributed by atoms with E-state index in [-0.39, 0.29) is 0 Å². The Bertz CT molecular complexity index is 124. The lowest BCUT2D eigenvalue weighted by Gasteiger charge is -2.02. The molecule has 0 fully saturated rings. The van der Waals surface area contributed by atoms with E-state index in [0.717, 1.165) is 0 Å². The normalized spacial score (nSPS) is 11.2. The molecule has 0 unspecified atom stereocenters. The first kappa shape index (κ1) is 15.9. The van der Waals surface area contributed by atoms with E-state index in [2.05, 4.69) is 18.4 Å². The van der Waals surface area contributed by atoms with Crippen LogP contribution in [0.4, 0.5) is 0 Å². The third kappa shape index (κ3) is 13.9. The summed E-state index contributed by atoms with van der Waals surface area (Å²) in [5.74, 6) is 0. The van der Waals surface area contributed by atoms with Gasteiger partial charge in [-0.1, -0.05) is 71.1 Å². The molecule has 0 aromatic rings.